The molecule has 1 N–H and O–H groups in total. The zero-order valence-electron chi connectivity index (χ0n) is 21.1. The Labute approximate surface area is 227 Å². The number of alkyl halides is 3. The van der Waals surface area contributed by atoms with E-state index < -0.39 is 29.4 Å². The quantitative estimate of drug-likeness (QED) is 0.231. The number of aromatic nitrogens is 2. The molecule has 0 bridgehead atoms. The Morgan fingerprint density at radius 3 is 2.28 bits per heavy atom. The number of benzene rings is 2. The van der Waals surface area contributed by atoms with Gasteiger partial charge in [0.05, 0.1) is 6.10 Å². The Bertz CT molecular complexity index is 1240. The minimum Gasteiger partial charge on any atom is -0.470 e. The number of anilines is 1. The third kappa shape index (κ3) is 7.99. The number of aliphatic hydroxyl groups excluding tert-OH is 1. The monoisotopic (exact) mass is 568 g/mol. The molecule has 9 nitrogen and oxygen atoms in total. The molecule has 1 aliphatic heterocycles. The lowest BCUT2D eigenvalue weighted by molar-refractivity contribution is -0.389. The molecule has 2 heterocycles. The van der Waals surface area contributed by atoms with Crippen molar-refractivity contribution in [3.8, 4) is 11.5 Å². The van der Waals surface area contributed by atoms with Crippen molar-refractivity contribution in [2.24, 2.45) is 5.92 Å². The van der Waals surface area contributed by atoms with E-state index in [4.69, 9.17) is 16.3 Å². The predicted octanol–water partition coefficient (Wildman–Crippen LogP) is 6.15. The molecule has 210 valence electrons. The Hall–Kier alpha value is -3.51. The van der Waals surface area contributed by atoms with Gasteiger partial charge in [-0.1, -0.05) is 12.1 Å². The van der Waals surface area contributed by atoms with Crippen molar-refractivity contribution < 1.29 is 32.7 Å². The summed E-state index contributed by atoms with van der Waals surface area (Å²) in [6.45, 7) is 3.25. The maximum absolute atomic E-state index is 12.4. The van der Waals surface area contributed by atoms with Gasteiger partial charge in [0.2, 0.25) is 0 Å². The molecule has 0 saturated carbocycles. The van der Waals surface area contributed by atoms with Gasteiger partial charge in [-0.3, -0.25) is 4.57 Å². The van der Waals surface area contributed by atoms with Crippen LogP contribution in [0.1, 0.15) is 38.0 Å². The van der Waals surface area contributed by atoms with Gasteiger partial charge >= 0.3 is 17.5 Å². The highest BCUT2D eigenvalue weighted by Crippen LogP contribution is 2.31. The number of hydrogen-bond donors (Lipinski definition) is 1. The standard InChI is InChI=1S/C26H28ClF3N4O5/c1-17(35)14-24(33-16-23(34(36)37)31-25(33)27)38-21-8-4-20(5-9-21)32-12-10-19(11-13-32)15-18-2-6-22(7-3-18)39-26(28,29)30/h2-9,16-17,19,24,35H,10-15H2,1H3. The SMILES string of the molecule is CC(O)CC(Oc1ccc(N2CCC(Cc3ccc(OC(F)(F)F)cc3)CC2)cc1)n1cc([N+](=O)[O-])nc1Cl. The zero-order valence-corrected chi connectivity index (χ0v) is 21.8. The molecule has 1 fully saturated rings. The molecule has 3 aromatic rings. The number of nitrogens with zero attached hydrogens (tertiary/aromatic N) is 4. The Kier molecular flexibility index (Phi) is 8.86. The van der Waals surface area contributed by atoms with Gasteiger partial charge in [-0.25, -0.2) is 0 Å². The fourth-order valence-corrected chi connectivity index (χ4v) is 4.85. The normalized spacial score (nSPS) is 16.1. The molecule has 0 aliphatic carbocycles. The smallest absolute Gasteiger partial charge is 0.470 e. The lowest BCUT2D eigenvalue weighted by Crippen LogP contribution is -2.34. The number of halogens is 4. The van der Waals surface area contributed by atoms with E-state index in [9.17, 15) is 28.4 Å². The van der Waals surface area contributed by atoms with Crippen molar-refractivity contribution in [1.82, 2.24) is 9.55 Å². The summed E-state index contributed by atoms with van der Waals surface area (Å²) >= 11 is 6.09. The fraction of sp³-hybridized carbons (Fsp3) is 0.423. The van der Waals surface area contributed by atoms with Crippen molar-refractivity contribution in [1.29, 1.82) is 0 Å². The summed E-state index contributed by atoms with van der Waals surface area (Å²) in [6, 6.07) is 13.5. The van der Waals surface area contributed by atoms with E-state index in [0.717, 1.165) is 43.6 Å². The second-order valence-electron chi connectivity index (χ2n) is 9.51. The maximum Gasteiger partial charge on any atom is 0.573 e. The van der Waals surface area contributed by atoms with E-state index in [-0.39, 0.29) is 17.5 Å². The Balaban J connectivity index is 1.32. The molecule has 2 atom stereocenters. The molecule has 4 rings (SSSR count). The number of aliphatic hydroxyl groups is 1. The average Bonchev–Trinajstić information content (AvgIpc) is 3.27. The zero-order chi connectivity index (χ0) is 28.2. The number of imidazole rings is 1. The van der Waals surface area contributed by atoms with Gasteiger partial charge in [0.15, 0.2) is 6.23 Å². The van der Waals surface area contributed by atoms with Crippen molar-refractivity contribution in [3.05, 3.63) is 75.7 Å². The van der Waals surface area contributed by atoms with E-state index in [2.05, 4.69) is 14.6 Å². The summed E-state index contributed by atoms with van der Waals surface area (Å²) in [7, 11) is 0. The Morgan fingerprint density at radius 2 is 1.74 bits per heavy atom. The highest BCUT2D eigenvalue weighted by atomic mass is 35.5. The summed E-state index contributed by atoms with van der Waals surface area (Å²) in [4.78, 5) is 16.4. The van der Waals surface area contributed by atoms with Crippen LogP contribution in [-0.4, -0.2) is 45.1 Å². The first-order chi connectivity index (χ1) is 18.5. The predicted molar refractivity (Wildman–Crippen MR) is 138 cm³/mol. The first kappa shape index (κ1) is 28.5. The number of rotatable bonds is 10. The summed E-state index contributed by atoms with van der Waals surface area (Å²) in [5, 5.41) is 20.9. The molecule has 1 aromatic heterocycles. The summed E-state index contributed by atoms with van der Waals surface area (Å²) in [5.41, 5.74) is 1.98. The van der Waals surface area contributed by atoms with E-state index in [1.807, 2.05) is 12.1 Å². The average molecular weight is 569 g/mol. The van der Waals surface area contributed by atoms with E-state index in [0.29, 0.717) is 11.7 Å². The van der Waals surface area contributed by atoms with Crippen LogP contribution in [0.4, 0.5) is 24.7 Å². The molecule has 0 amide bonds. The lowest BCUT2D eigenvalue weighted by Gasteiger charge is -2.34. The van der Waals surface area contributed by atoms with Crippen LogP contribution in [0.3, 0.4) is 0 Å². The summed E-state index contributed by atoms with van der Waals surface area (Å²) in [5.74, 6) is 0.290. The minimum absolute atomic E-state index is 0.113. The number of hydrogen-bond acceptors (Lipinski definition) is 7. The molecule has 0 spiro atoms. The van der Waals surface area contributed by atoms with Crippen molar-refractivity contribution in [2.45, 2.75) is 51.3 Å². The van der Waals surface area contributed by atoms with Gasteiger partial charge < -0.3 is 29.6 Å². The molecule has 13 heteroatoms. The van der Waals surface area contributed by atoms with E-state index >= 15 is 0 Å². The molecule has 1 saturated heterocycles. The van der Waals surface area contributed by atoms with Gasteiger partial charge in [-0.15, -0.1) is 13.2 Å². The molecule has 0 radical (unpaired) electrons. The first-order valence-corrected chi connectivity index (χ1v) is 12.8. The van der Waals surface area contributed by atoms with Crippen LogP contribution in [-0.2, 0) is 6.42 Å². The third-order valence-corrected chi connectivity index (χ3v) is 6.76. The highest BCUT2D eigenvalue weighted by molar-refractivity contribution is 6.28. The summed E-state index contributed by atoms with van der Waals surface area (Å²) in [6.07, 6.45) is -2.27. The lowest BCUT2D eigenvalue weighted by atomic mass is 9.90. The largest absolute Gasteiger partial charge is 0.573 e. The molecule has 2 aromatic carbocycles. The van der Waals surface area contributed by atoms with E-state index in [1.54, 1.807) is 31.2 Å². The van der Waals surface area contributed by atoms with Crippen LogP contribution < -0.4 is 14.4 Å². The van der Waals surface area contributed by atoms with Crippen LogP contribution >= 0.6 is 11.6 Å². The van der Waals surface area contributed by atoms with Gasteiger partial charge in [0, 0.05) is 25.2 Å². The van der Waals surface area contributed by atoms with Gasteiger partial charge in [-0.2, -0.15) is 0 Å². The van der Waals surface area contributed by atoms with Crippen LogP contribution in [0.2, 0.25) is 5.28 Å². The Morgan fingerprint density at radius 1 is 1.13 bits per heavy atom. The topological polar surface area (TPSA) is 103 Å². The van der Waals surface area contributed by atoms with Crippen molar-refractivity contribution in [3.63, 3.8) is 0 Å². The molecule has 2 unspecified atom stereocenters. The fourth-order valence-electron chi connectivity index (χ4n) is 4.61. The van der Waals surface area contributed by atoms with Crippen LogP contribution in [0.5, 0.6) is 11.5 Å². The minimum atomic E-state index is -4.70. The third-order valence-electron chi connectivity index (χ3n) is 6.48. The number of piperidine rings is 1. The second kappa shape index (κ2) is 12.1. The van der Waals surface area contributed by atoms with E-state index in [1.165, 1.54) is 22.9 Å². The van der Waals surface area contributed by atoms with Crippen molar-refractivity contribution >= 4 is 23.1 Å². The molecule has 39 heavy (non-hydrogen) atoms. The van der Waals surface area contributed by atoms with Crippen LogP contribution in [0.25, 0.3) is 0 Å². The second-order valence-corrected chi connectivity index (χ2v) is 9.85. The van der Waals surface area contributed by atoms with Crippen molar-refractivity contribution in [2.75, 3.05) is 18.0 Å². The van der Waals surface area contributed by atoms with Crippen LogP contribution in [0, 0.1) is 16.0 Å². The molecular weight excluding hydrogens is 541 g/mol. The number of nitro groups is 1. The number of ether oxygens (including phenoxy) is 2. The van der Waals surface area contributed by atoms with Gasteiger partial charge in [0.25, 0.3) is 0 Å². The van der Waals surface area contributed by atoms with Gasteiger partial charge in [-0.05, 0) is 95.6 Å². The first-order valence-electron chi connectivity index (χ1n) is 12.4. The molecule has 1 aliphatic rings. The highest BCUT2D eigenvalue weighted by Gasteiger charge is 2.31. The summed E-state index contributed by atoms with van der Waals surface area (Å²) < 4.78 is 48.3. The maximum atomic E-state index is 12.4. The van der Waals surface area contributed by atoms with Gasteiger partial charge in [0.1, 0.15) is 17.7 Å². The molecular formula is C26H28ClF3N4O5. The van der Waals surface area contributed by atoms with Crippen LogP contribution in [0.15, 0.2) is 54.7 Å².